The Morgan fingerprint density at radius 2 is 1.82 bits per heavy atom. The summed E-state index contributed by atoms with van der Waals surface area (Å²) in [6.07, 6.45) is 0. The molecule has 0 saturated heterocycles. The van der Waals surface area contributed by atoms with E-state index >= 15 is 0 Å². The van der Waals surface area contributed by atoms with Gasteiger partial charge in [0.2, 0.25) is 0 Å². The van der Waals surface area contributed by atoms with Gasteiger partial charge in [-0.25, -0.2) is 4.98 Å². The van der Waals surface area contributed by atoms with E-state index in [1.165, 1.54) is 0 Å². The van der Waals surface area contributed by atoms with Gasteiger partial charge in [0.15, 0.2) is 5.82 Å². The highest BCUT2D eigenvalue weighted by Gasteiger charge is 2.17. The number of rotatable bonds is 6. The predicted octanol–water partition coefficient (Wildman–Crippen LogP) is 5.44. The first-order valence-electron chi connectivity index (χ1n) is 10.6. The summed E-state index contributed by atoms with van der Waals surface area (Å²) >= 11 is 6.17. The summed E-state index contributed by atoms with van der Waals surface area (Å²) in [5.74, 6) is 0.735. The number of hydrogen-bond acceptors (Lipinski definition) is 4. The van der Waals surface area contributed by atoms with Gasteiger partial charge in [0.05, 0.1) is 21.5 Å². The van der Waals surface area contributed by atoms with Crippen LogP contribution in [0.4, 0.5) is 0 Å². The molecular formula is C26H24ClN3O3. The lowest BCUT2D eigenvalue weighted by molar-refractivity contribution is 0.100. The molecule has 0 spiro atoms. The Balaban J connectivity index is 1.75. The molecule has 0 unspecified atom stereocenters. The van der Waals surface area contributed by atoms with E-state index in [2.05, 4.69) is 24.3 Å². The predicted molar refractivity (Wildman–Crippen MR) is 131 cm³/mol. The van der Waals surface area contributed by atoms with E-state index in [0.29, 0.717) is 10.9 Å². The number of fused-ring (bicyclic) bond motifs is 1. The average molecular weight is 462 g/mol. The summed E-state index contributed by atoms with van der Waals surface area (Å²) in [4.78, 5) is 30.8. The van der Waals surface area contributed by atoms with Gasteiger partial charge in [-0.15, -0.1) is 0 Å². The first-order valence-corrected chi connectivity index (χ1v) is 11.0. The van der Waals surface area contributed by atoms with Crippen LogP contribution in [0.5, 0.6) is 5.75 Å². The molecule has 0 fully saturated rings. The first-order chi connectivity index (χ1) is 15.8. The van der Waals surface area contributed by atoms with Gasteiger partial charge in [-0.3, -0.25) is 15.0 Å². The van der Waals surface area contributed by atoms with Crippen molar-refractivity contribution >= 4 is 28.4 Å². The van der Waals surface area contributed by atoms with Crippen molar-refractivity contribution in [2.45, 2.75) is 33.3 Å². The van der Waals surface area contributed by atoms with Crippen molar-refractivity contribution in [1.29, 1.82) is 0 Å². The number of para-hydroxylation sites is 1. The van der Waals surface area contributed by atoms with Crippen LogP contribution < -0.4 is 15.7 Å². The fourth-order valence-electron chi connectivity index (χ4n) is 3.58. The van der Waals surface area contributed by atoms with Crippen LogP contribution in [0.25, 0.3) is 10.9 Å². The monoisotopic (exact) mass is 461 g/mol. The number of carbonyl (C=O) groups is 1. The molecule has 3 aromatic carbocycles. The maximum atomic E-state index is 13.3. The second kappa shape index (κ2) is 9.46. The Hall–Kier alpha value is -3.64. The van der Waals surface area contributed by atoms with Crippen molar-refractivity contribution in [3.63, 3.8) is 0 Å². The molecule has 1 N–H and O–H groups in total. The van der Waals surface area contributed by atoms with Crippen molar-refractivity contribution in [1.82, 2.24) is 9.66 Å². The highest BCUT2D eigenvalue weighted by atomic mass is 35.5. The number of aromatic nitrogens is 2. The summed E-state index contributed by atoms with van der Waals surface area (Å²) in [5, 5.41) is 0.676. The standard InChI is InChI=1S/C26H24ClN3O3/c1-16(2)18-13-12-17(3)14-23(18)33-15-24-28-22-11-7-5-9-20(22)26(32)30(24)29-25(31)19-8-4-6-10-21(19)27/h4-14,16H,15H2,1-3H3,(H,29,31). The van der Waals surface area contributed by atoms with E-state index < -0.39 is 11.5 Å². The van der Waals surface area contributed by atoms with E-state index in [0.717, 1.165) is 21.6 Å². The number of benzene rings is 3. The topological polar surface area (TPSA) is 73.2 Å². The summed E-state index contributed by atoms with van der Waals surface area (Å²) in [7, 11) is 0. The van der Waals surface area contributed by atoms with Crippen LogP contribution in [-0.2, 0) is 6.61 Å². The molecule has 6 nitrogen and oxygen atoms in total. The van der Waals surface area contributed by atoms with Crippen molar-refractivity contribution in [3.05, 3.63) is 105 Å². The quantitative estimate of drug-likeness (QED) is 0.414. The third kappa shape index (κ3) is 4.76. The Morgan fingerprint density at radius 1 is 1.09 bits per heavy atom. The zero-order valence-corrected chi connectivity index (χ0v) is 19.4. The zero-order valence-electron chi connectivity index (χ0n) is 18.6. The minimum Gasteiger partial charge on any atom is -0.485 e. The smallest absolute Gasteiger partial charge is 0.280 e. The molecule has 0 aliphatic heterocycles. The minimum absolute atomic E-state index is 0.00789. The number of nitrogens with zero attached hydrogens (tertiary/aromatic N) is 2. The van der Waals surface area contributed by atoms with Crippen molar-refractivity contribution in [3.8, 4) is 5.75 Å². The van der Waals surface area contributed by atoms with Gasteiger partial charge in [0, 0.05) is 0 Å². The second-order valence-electron chi connectivity index (χ2n) is 8.09. The van der Waals surface area contributed by atoms with Gasteiger partial charge in [-0.05, 0) is 54.3 Å². The van der Waals surface area contributed by atoms with Crippen LogP contribution in [-0.4, -0.2) is 15.6 Å². The molecule has 33 heavy (non-hydrogen) atoms. The van der Waals surface area contributed by atoms with Crippen LogP contribution in [0.3, 0.4) is 0 Å². The third-order valence-corrected chi connectivity index (χ3v) is 5.65. The fourth-order valence-corrected chi connectivity index (χ4v) is 3.81. The van der Waals surface area contributed by atoms with Gasteiger partial charge in [0.1, 0.15) is 12.4 Å². The molecule has 0 aliphatic carbocycles. The molecule has 0 atom stereocenters. The van der Waals surface area contributed by atoms with Crippen LogP contribution in [0.15, 0.2) is 71.5 Å². The number of nitrogens with one attached hydrogen (secondary N) is 1. The number of ether oxygens (including phenoxy) is 1. The lowest BCUT2D eigenvalue weighted by atomic mass is 10.0. The Bertz CT molecular complexity index is 1400. The number of aryl methyl sites for hydroxylation is 1. The lowest BCUT2D eigenvalue weighted by Crippen LogP contribution is -2.37. The summed E-state index contributed by atoms with van der Waals surface area (Å²) in [6.45, 7) is 6.16. The highest BCUT2D eigenvalue weighted by Crippen LogP contribution is 2.28. The lowest BCUT2D eigenvalue weighted by Gasteiger charge is -2.18. The second-order valence-corrected chi connectivity index (χ2v) is 8.50. The van der Waals surface area contributed by atoms with Gasteiger partial charge in [-0.1, -0.05) is 61.8 Å². The number of amides is 1. The minimum atomic E-state index is -0.514. The molecule has 0 bridgehead atoms. The van der Waals surface area contributed by atoms with E-state index in [4.69, 9.17) is 16.3 Å². The van der Waals surface area contributed by atoms with E-state index in [1.54, 1.807) is 42.5 Å². The molecule has 1 heterocycles. The summed E-state index contributed by atoms with van der Waals surface area (Å²) in [5.41, 5.74) is 5.15. The summed E-state index contributed by atoms with van der Waals surface area (Å²) < 4.78 is 7.26. The van der Waals surface area contributed by atoms with E-state index in [9.17, 15) is 9.59 Å². The fraction of sp³-hybridized carbons (Fsp3) is 0.192. The van der Waals surface area contributed by atoms with Crippen LogP contribution in [0.2, 0.25) is 5.02 Å². The molecule has 1 aromatic heterocycles. The Kier molecular flexibility index (Phi) is 6.47. The molecule has 0 saturated carbocycles. The van der Waals surface area contributed by atoms with Gasteiger partial charge in [-0.2, -0.15) is 4.68 Å². The van der Waals surface area contributed by atoms with Gasteiger partial charge >= 0.3 is 0 Å². The maximum absolute atomic E-state index is 13.3. The van der Waals surface area contributed by atoms with Gasteiger partial charge in [0.25, 0.3) is 11.5 Å². The number of hydrogen-bond donors (Lipinski definition) is 1. The normalized spacial score (nSPS) is 11.1. The molecule has 4 aromatic rings. The average Bonchev–Trinajstić information content (AvgIpc) is 2.80. The molecule has 0 aliphatic rings. The first kappa shape index (κ1) is 22.6. The largest absolute Gasteiger partial charge is 0.485 e. The van der Waals surface area contributed by atoms with E-state index in [1.807, 2.05) is 31.2 Å². The third-order valence-electron chi connectivity index (χ3n) is 5.32. The maximum Gasteiger partial charge on any atom is 0.280 e. The Labute approximate surface area is 196 Å². The van der Waals surface area contributed by atoms with Crippen LogP contribution in [0, 0.1) is 6.92 Å². The van der Waals surface area contributed by atoms with Crippen LogP contribution in [0.1, 0.15) is 47.1 Å². The molecule has 4 rings (SSSR count). The van der Waals surface area contributed by atoms with Crippen molar-refractivity contribution in [2.75, 3.05) is 5.43 Å². The van der Waals surface area contributed by atoms with E-state index in [-0.39, 0.29) is 28.9 Å². The SMILES string of the molecule is Cc1ccc(C(C)C)c(OCc2nc3ccccc3c(=O)n2NC(=O)c2ccccc2Cl)c1. The molecule has 168 valence electrons. The van der Waals surface area contributed by atoms with Crippen molar-refractivity contribution < 1.29 is 9.53 Å². The molecule has 0 radical (unpaired) electrons. The number of carbonyl (C=O) groups excluding carboxylic acids is 1. The molecular weight excluding hydrogens is 438 g/mol. The highest BCUT2D eigenvalue weighted by molar-refractivity contribution is 6.34. The summed E-state index contributed by atoms with van der Waals surface area (Å²) in [6, 6.07) is 19.7. The number of halogens is 1. The Morgan fingerprint density at radius 3 is 2.58 bits per heavy atom. The molecule has 7 heteroatoms. The van der Waals surface area contributed by atoms with Crippen LogP contribution >= 0.6 is 11.6 Å². The van der Waals surface area contributed by atoms with Gasteiger partial charge < -0.3 is 4.74 Å². The van der Waals surface area contributed by atoms with Crippen molar-refractivity contribution in [2.24, 2.45) is 0 Å². The molecule has 1 amide bonds. The zero-order chi connectivity index (χ0) is 23.5.